The predicted molar refractivity (Wildman–Crippen MR) is 64.2 cm³/mol. The van der Waals surface area contributed by atoms with Crippen molar-refractivity contribution < 1.29 is 4.42 Å². The first-order valence-corrected chi connectivity index (χ1v) is 5.23. The molecule has 0 saturated heterocycles. The summed E-state index contributed by atoms with van der Waals surface area (Å²) in [5, 5.41) is 9.04. The standard InChI is InChI=1S/C14H8N2O/c15-9-10-5-1-2-6-11(10)14-16-12-7-3-4-8-13(12)17-14/h1-8H. The van der Waals surface area contributed by atoms with Crippen LogP contribution in [0.3, 0.4) is 0 Å². The van der Waals surface area contributed by atoms with Crippen molar-refractivity contribution in [2.75, 3.05) is 0 Å². The summed E-state index contributed by atoms with van der Waals surface area (Å²) in [6, 6.07) is 17.0. The lowest BCUT2D eigenvalue weighted by molar-refractivity contribution is 0.619. The van der Waals surface area contributed by atoms with Crippen LogP contribution in [0.15, 0.2) is 52.9 Å². The predicted octanol–water partition coefficient (Wildman–Crippen LogP) is 3.37. The molecule has 0 aliphatic rings. The van der Waals surface area contributed by atoms with Crippen molar-refractivity contribution in [3.63, 3.8) is 0 Å². The number of rotatable bonds is 1. The molecule has 0 saturated carbocycles. The summed E-state index contributed by atoms with van der Waals surface area (Å²) in [4.78, 5) is 4.37. The van der Waals surface area contributed by atoms with Crippen LogP contribution < -0.4 is 0 Å². The van der Waals surface area contributed by atoms with Gasteiger partial charge < -0.3 is 4.42 Å². The maximum atomic E-state index is 9.04. The van der Waals surface area contributed by atoms with Crippen LogP contribution in [0, 0.1) is 11.3 Å². The van der Waals surface area contributed by atoms with Crippen molar-refractivity contribution in [2.45, 2.75) is 0 Å². The molecule has 0 bridgehead atoms. The van der Waals surface area contributed by atoms with E-state index in [0.29, 0.717) is 11.5 Å². The molecule has 3 heteroatoms. The molecule has 17 heavy (non-hydrogen) atoms. The van der Waals surface area contributed by atoms with Crippen LogP contribution in [-0.2, 0) is 0 Å². The fourth-order valence-electron chi connectivity index (χ4n) is 1.75. The molecular formula is C14H8N2O. The van der Waals surface area contributed by atoms with Crippen molar-refractivity contribution in [1.29, 1.82) is 5.26 Å². The van der Waals surface area contributed by atoms with Gasteiger partial charge in [0.15, 0.2) is 5.58 Å². The first-order chi connectivity index (χ1) is 8.38. The highest BCUT2D eigenvalue weighted by Crippen LogP contribution is 2.26. The van der Waals surface area contributed by atoms with E-state index < -0.39 is 0 Å². The van der Waals surface area contributed by atoms with Crippen molar-refractivity contribution in [3.05, 3.63) is 54.1 Å². The number of oxazole rings is 1. The Morgan fingerprint density at radius 2 is 1.76 bits per heavy atom. The molecule has 0 atom stereocenters. The number of aromatic nitrogens is 1. The molecule has 1 aromatic heterocycles. The van der Waals surface area contributed by atoms with Gasteiger partial charge in [0.05, 0.1) is 17.2 Å². The summed E-state index contributed by atoms with van der Waals surface area (Å²) in [7, 11) is 0. The van der Waals surface area contributed by atoms with E-state index in [9.17, 15) is 0 Å². The minimum Gasteiger partial charge on any atom is -0.436 e. The average Bonchev–Trinajstić information content (AvgIpc) is 2.82. The van der Waals surface area contributed by atoms with Crippen LogP contribution in [-0.4, -0.2) is 4.98 Å². The molecule has 0 N–H and O–H groups in total. The molecule has 0 spiro atoms. The van der Waals surface area contributed by atoms with Gasteiger partial charge in [-0.3, -0.25) is 0 Å². The van der Waals surface area contributed by atoms with E-state index in [4.69, 9.17) is 9.68 Å². The summed E-state index contributed by atoms with van der Waals surface area (Å²) >= 11 is 0. The van der Waals surface area contributed by atoms with Gasteiger partial charge in [-0.05, 0) is 24.3 Å². The number of hydrogen-bond donors (Lipinski definition) is 0. The molecule has 0 fully saturated rings. The number of hydrogen-bond acceptors (Lipinski definition) is 3. The number of nitrogens with zero attached hydrogens (tertiary/aromatic N) is 2. The van der Waals surface area contributed by atoms with Crippen LogP contribution in [0.5, 0.6) is 0 Å². The van der Waals surface area contributed by atoms with Crippen LogP contribution in [0.25, 0.3) is 22.6 Å². The molecule has 0 radical (unpaired) electrons. The highest BCUT2D eigenvalue weighted by Gasteiger charge is 2.10. The molecule has 0 aliphatic carbocycles. The first-order valence-electron chi connectivity index (χ1n) is 5.23. The van der Waals surface area contributed by atoms with Crippen LogP contribution in [0.2, 0.25) is 0 Å². The van der Waals surface area contributed by atoms with E-state index in [2.05, 4.69) is 11.1 Å². The van der Waals surface area contributed by atoms with Gasteiger partial charge in [-0.2, -0.15) is 5.26 Å². The normalized spacial score (nSPS) is 10.3. The molecule has 3 nitrogen and oxygen atoms in total. The minimum atomic E-state index is 0.489. The van der Waals surface area contributed by atoms with Crippen molar-refractivity contribution in [3.8, 4) is 17.5 Å². The van der Waals surface area contributed by atoms with E-state index in [1.165, 1.54) is 0 Å². The average molecular weight is 220 g/mol. The molecule has 2 aromatic carbocycles. The first kappa shape index (κ1) is 9.61. The van der Waals surface area contributed by atoms with Crippen LogP contribution >= 0.6 is 0 Å². The summed E-state index contributed by atoms with van der Waals surface area (Å²) in [6.07, 6.45) is 0. The van der Waals surface area contributed by atoms with Gasteiger partial charge >= 0.3 is 0 Å². The fourth-order valence-corrected chi connectivity index (χ4v) is 1.75. The molecule has 0 aliphatic heterocycles. The summed E-state index contributed by atoms with van der Waals surface area (Å²) < 4.78 is 5.63. The second-order valence-corrected chi connectivity index (χ2v) is 3.64. The van der Waals surface area contributed by atoms with Gasteiger partial charge in [-0.15, -0.1) is 0 Å². The summed E-state index contributed by atoms with van der Waals surface area (Å²) in [5.41, 5.74) is 2.83. The second kappa shape index (κ2) is 3.76. The molecule has 0 unspecified atom stereocenters. The third-order valence-corrected chi connectivity index (χ3v) is 2.57. The third kappa shape index (κ3) is 1.56. The van der Waals surface area contributed by atoms with Gasteiger partial charge in [0.1, 0.15) is 5.52 Å². The highest BCUT2D eigenvalue weighted by molar-refractivity contribution is 5.77. The SMILES string of the molecule is N#Cc1ccccc1-c1nc2ccccc2o1. The smallest absolute Gasteiger partial charge is 0.228 e. The van der Waals surface area contributed by atoms with E-state index in [-0.39, 0.29) is 0 Å². The summed E-state index contributed by atoms with van der Waals surface area (Å²) in [5.74, 6) is 0.489. The van der Waals surface area contributed by atoms with Crippen LogP contribution in [0.1, 0.15) is 5.56 Å². The largest absolute Gasteiger partial charge is 0.436 e. The van der Waals surface area contributed by atoms with E-state index in [1.54, 1.807) is 6.07 Å². The number of benzene rings is 2. The lowest BCUT2D eigenvalue weighted by Gasteiger charge is -1.96. The maximum absolute atomic E-state index is 9.04. The molecule has 80 valence electrons. The Labute approximate surface area is 97.9 Å². The van der Waals surface area contributed by atoms with Gasteiger partial charge in [-0.25, -0.2) is 4.98 Å². The molecule has 1 heterocycles. The number of nitriles is 1. The third-order valence-electron chi connectivity index (χ3n) is 2.57. The zero-order valence-corrected chi connectivity index (χ0v) is 8.92. The lowest BCUT2D eigenvalue weighted by atomic mass is 10.1. The number of fused-ring (bicyclic) bond motifs is 1. The van der Waals surface area contributed by atoms with E-state index in [1.807, 2.05) is 42.5 Å². The van der Waals surface area contributed by atoms with Crippen molar-refractivity contribution in [1.82, 2.24) is 4.98 Å². The maximum Gasteiger partial charge on any atom is 0.228 e. The van der Waals surface area contributed by atoms with Gasteiger partial charge in [0.2, 0.25) is 5.89 Å². The Balaban J connectivity index is 2.25. The van der Waals surface area contributed by atoms with Gasteiger partial charge in [0.25, 0.3) is 0 Å². The fraction of sp³-hybridized carbons (Fsp3) is 0. The highest BCUT2D eigenvalue weighted by atomic mass is 16.3. The molecule has 3 rings (SSSR count). The van der Waals surface area contributed by atoms with E-state index >= 15 is 0 Å². The minimum absolute atomic E-state index is 0.489. The quantitative estimate of drug-likeness (QED) is 0.631. The summed E-state index contributed by atoms with van der Waals surface area (Å²) in [6.45, 7) is 0. The lowest BCUT2D eigenvalue weighted by Crippen LogP contribution is -1.82. The van der Waals surface area contributed by atoms with Crippen molar-refractivity contribution in [2.24, 2.45) is 0 Å². The van der Waals surface area contributed by atoms with Crippen LogP contribution in [0.4, 0.5) is 0 Å². The Kier molecular flexibility index (Phi) is 2.13. The Morgan fingerprint density at radius 1 is 1.00 bits per heavy atom. The molecule has 0 amide bonds. The Hall–Kier alpha value is -2.60. The molecular weight excluding hydrogens is 212 g/mol. The van der Waals surface area contributed by atoms with Crippen molar-refractivity contribution >= 4 is 11.1 Å². The topological polar surface area (TPSA) is 49.8 Å². The zero-order chi connectivity index (χ0) is 11.7. The monoisotopic (exact) mass is 220 g/mol. The molecule has 3 aromatic rings. The van der Waals surface area contributed by atoms with E-state index in [0.717, 1.165) is 16.7 Å². The van der Waals surface area contributed by atoms with Gasteiger partial charge in [-0.1, -0.05) is 24.3 Å². The Bertz CT molecular complexity index is 689. The second-order valence-electron chi connectivity index (χ2n) is 3.64. The number of para-hydroxylation sites is 2. The zero-order valence-electron chi connectivity index (χ0n) is 8.92. The van der Waals surface area contributed by atoms with Gasteiger partial charge in [0, 0.05) is 0 Å². The Morgan fingerprint density at radius 3 is 2.59 bits per heavy atom.